The van der Waals surface area contributed by atoms with Crippen molar-refractivity contribution in [3.8, 4) is 34.0 Å². The van der Waals surface area contributed by atoms with Crippen LogP contribution in [-0.4, -0.2) is 61.6 Å². The lowest BCUT2D eigenvalue weighted by molar-refractivity contribution is 0.0000874. The molecule has 200 valence electrons. The summed E-state index contributed by atoms with van der Waals surface area (Å²) in [7, 11) is -2.79. The van der Waals surface area contributed by atoms with Crippen LogP contribution in [0.25, 0.3) is 22.4 Å². The number of hydrogen-bond acceptors (Lipinski definition) is 8. The number of hydrogen-bond donors (Lipinski definition) is 2. The van der Waals surface area contributed by atoms with Crippen molar-refractivity contribution in [2.24, 2.45) is 0 Å². The molecule has 0 spiro atoms. The summed E-state index contributed by atoms with van der Waals surface area (Å²) in [5.41, 5.74) is 0.610. The van der Waals surface area contributed by atoms with Crippen molar-refractivity contribution < 1.29 is 22.7 Å². The molecule has 10 heteroatoms. The quantitative estimate of drug-likeness (QED) is 0.442. The molecule has 1 aliphatic carbocycles. The Kier molecular flexibility index (Phi) is 5.16. The average Bonchev–Trinajstić information content (AvgIpc) is 3.71. The van der Waals surface area contributed by atoms with E-state index in [4.69, 9.17) is 8.85 Å². The zero-order valence-corrected chi connectivity index (χ0v) is 21.3. The summed E-state index contributed by atoms with van der Waals surface area (Å²) in [5, 5.41) is 23.1. The fourth-order valence-corrected chi connectivity index (χ4v) is 6.31. The number of alkyl halides is 1. The molecule has 6 rings (SSSR count). The van der Waals surface area contributed by atoms with Gasteiger partial charge in [-0.05, 0) is 75.6 Å². The van der Waals surface area contributed by atoms with Crippen molar-refractivity contribution in [3.05, 3.63) is 42.5 Å². The third-order valence-corrected chi connectivity index (χ3v) is 8.18. The molecule has 2 N–H and O–H groups in total. The molecule has 2 saturated heterocycles. The monoisotopic (exact) mass is 525 g/mol. The normalized spacial score (nSPS) is 30.2. The van der Waals surface area contributed by atoms with Crippen LogP contribution in [0, 0.1) is 5.95 Å². The van der Waals surface area contributed by atoms with Crippen molar-refractivity contribution in [1.29, 1.82) is 0 Å². The number of anilines is 1. The maximum atomic E-state index is 16.0. The Hall–Kier alpha value is -3.40. The maximum Gasteiger partial charge on any atom is 0.245 e. The Balaban J connectivity index is 1.26. The van der Waals surface area contributed by atoms with Gasteiger partial charge in [0, 0.05) is 34.8 Å². The highest BCUT2D eigenvalue weighted by atomic mass is 19.1. The smallest absolute Gasteiger partial charge is 0.245 e. The molecule has 3 aromatic rings. The molecule has 2 bridgehead atoms. The third kappa shape index (κ3) is 4.44. The number of methoxy groups -OCH3 is 1. The number of pyridine rings is 1. The number of nitrogens with one attached hydrogen (secondary N) is 1. The van der Waals surface area contributed by atoms with Crippen molar-refractivity contribution in [1.82, 2.24) is 25.5 Å². The van der Waals surface area contributed by atoms with Gasteiger partial charge in [0.15, 0.2) is 0 Å². The van der Waals surface area contributed by atoms with Gasteiger partial charge < -0.3 is 20.1 Å². The van der Waals surface area contributed by atoms with E-state index in [0.717, 1.165) is 38.2 Å². The highest BCUT2D eigenvalue weighted by Gasteiger charge is 2.56. The van der Waals surface area contributed by atoms with Gasteiger partial charge >= 0.3 is 0 Å². The molecular formula is C28H32F2N6O2. The number of phenolic OH excluding ortho intramolecular Hbond substituents is 1. The summed E-state index contributed by atoms with van der Waals surface area (Å²) >= 11 is 0. The van der Waals surface area contributed by atoms with E-state index in [2.05, 4.69) is 32.4 Å². The second-order valence-electron chi connectivity index (χ2n) is 11.3. The van der Waals surface area contributed by atoms with Gasteiger partial charge in [0.05, 0.1) is 23.4 Å². The Labute approximate surface area is 224 Å². The van der Waals surface area contributed by atoms with Crippen LogP contribution in [0.2, 0.25) is 0 Å². The first-order valence-corrected chi connectivity index (χ1v) is 12.9. The van der Waals surface area contributed by atoms with E-state index in [0.29, 0.717) is 29.2 Å². The first-order valence-electron chi connectivity index (χ1n) is 14.4. The maximum absolute atomic E-state index is 16.0. The highest BCUT2D eigenvalue weighted by molar-refractivity contribution is 5.74. The topological polar surface area (TPSA) is 96.3 Å². The molecule has 2 aromatic heterocycles. The predicted octanol–water partition coefficient (Wildman–Crippen LogP) is 4.82. The summed E-state index contributed by atoms with van der Waals surface area (Å²) < 4.78 is 56.5. The number of nitrogens with zero attached hydrogens (tertiary/aromatic N) is 5. The number of phenols is 1. The van der Waals surface area contributed by atoms with E-state index in [1.807, 2.05) is 11.8 Å². The molecule has 0 unspecified atom stereocenters. The second kappa shape index (κ2) is 9.11. The lowest BCUT2D eigenvalue weighted by Gasteiger charge is -2.57. The predicted molar refractivity (Wildman–Crippen MR) is 139 cm³/mol. The lowest BCUT2D eigenvalue weighted by atomic mass is 9.68. The Morgan fingerprint density at radius 1 is 1.16 bits per heavy atom. The fraction of sp³-hybridized carbons (Fsp3) is 0.500. The number of piperidine rings is 2. The van der Waals surface area contributed by atoms with E-state index in [1.54, 1.807) is 12.1 Å². The SMILES string of the molecule is [2H]C([2H])([2H])Oc1cc(-c2ccc(-c3cnc(N(C4CC4)[C@@H]4C[C@@]5(C)CCC[C@](C)(N5)[C@@H]4F)nn3)c(O)c2)cc(F)n1. The number of aromatic hydroxyl groups is 1. The molecule has 8 nitrogen and oxygen atoms in total. The van der Waals surface area contributed by atoms with Gasteiger partial charge in [-0.25, -0.2) is 9.37 Å². The molecule has 4 atom stereocenters. The molecule has 2 aliphatic heterocycles. The molecule has 0 amide bonds. The Morgan fingerprint density at radius 2 is 2.00 bits per heavy atom. The summed E-state index contributed by atoms with van der Waals surface area (Å²) in [6, 6.07) is 6.81. The first-order chi connectivity index (χ1) is 19.3. The zero-order chi connectivity index (χ0) is 29.2. The second-order valence-corrected chi connectivity index (χ2v) is 11.3. The van der Waals surface area contributed by atoms with Crippen LogP contribution >= 0.6 is 0 Å². The van der Waals surface area contributed by atoms with Crippen LogP contribution in [0.15, 0.2) is 36.5 Å². The van der Waals surface area contributed by atoms with Crippen molar-refractivity contribution in [2.75, 3.05) is 11.9 Å². The molecule has 1 aromatic carbocycles. The molecule has 0 radical (unpaired) electrons. The molecule has 3 aliphatic rings. The van der Waals surface area contributed by atoms with Gasteiger partial charge in [0.2, 0.25) is 17.8 Å². The molecule has 1 saturated carbocycles. The molecule has 3 fully saturated rings. The minimum absolute atomic E-state index is 0.147. The van der Waals surface area contributed by atoms with Crippen LogP contribution in [-0.2, 0) is 0 Å². The third-order valence-electron chi connectivity index (χ3n) is 8.18. The molecular weight excluding hydrogens is 490 g/mol. The van der Waals surface area contributed by atoms with Crippen LogP contribution in [0.1, 0.15) is 56.5 Å². The average molecular weight is 526 g/mol. The van der Waals surface area contributed by atoms with E-state index in [1.165, 1.54) is 18.3 Å². The van der Waals surface area contributed by atoms with E-state index < -0.39 is 30.6 Å². The zero-order valence-electron chi connectivity index (χ0n) is 24.3. The van der Waals surface area contributed by atoms with Crippen LogP contribution in [0.4, 0.5) is 14.7 Å². The van der Waals surface area contributed by atoms with Gasteiger partial charge in [-0.2, -0.15) is 9.37 Å². The Bertz CT molecular complexity index is 1460. The number of halogens is 2. The van der Waals surface area contributed by atoms with Crippen molar-refractivity contribution >= 4 is 5.95 Å². The summed E-state index contributed by atoms with van der Waals surface area (Å²) in [5.74, 6) is -1.10. The lowest BCUT2D eigenvalue weighted by Crippen LogP contribution is -2.73. The van der Waals surface area contributed by atoms with E-state index in [9.17, 15) is 9.50 Å². The van der Waals surface area contributed by atoms with E-state index >= 15 is 4.39 Å². The van der Waals surface area contributed by atoms with Gasteiger partial charge in [-0.3, -0.25) is 0 Å². The summed E-state index contributed by atoms with van der Waals surface area (Å²) in [6.45, 7) is 4.15. The Morgan fingerprint density at radius 3 is 2.71 bits per heavy atom. The fourth-order valence-electron chi connectivity index (χ4n) is 6.31. The minimum atomic E-state index is -2.79. The van der Waals surface area contributed by atoms with Crippen LogP contribution < -0.4 is 15.0 Å². The largest absolute Gasteiger partial charge is 0.507 e. The van der Waals surface area contributed by atoms with Gasteiger partial charge in [0.1, 0.15) is 17.6 Å². The highest BCUT2D eigenvalue weighted by Crippen LogP contribution is 2.46. The van der Waals surface area contributed by atoms with E-state index in [-0.39, 0.29) is 28.9 Å². The minimum Gasteiger partial charge on any atom is -0.507 e. The molecule has 4 heterocycles. The van der Waals surface area contributed by atoms with Crippen LogP contribution in [0.3, 0.4) is 0 Å². The number of ether oxygens (including phenoxy) is 1. The molecule has 38 heavy (non-hydrogen) atoms. The standard InChI is InChI=1S/C28H32F2N6O2/c1-27-9-4-10-28(2,35-27)25(30)21(14-27)36(18-6-7-18)26-31-15-20(33-34-26)19-8-5-16(11-22(19)37)17-12-23(29)32-24(13-17)38-3/h5,8,11-13,15,18,21,25,35,37H,4,6-7,9-10,14H2,1-3H3/t21-,25-,27-,28+/m1/s1/i3D3. The number of rotatable bonds is 6. The van der Waals surface area contributed by atoms with Crippen LogP contribution in [0.5, 0.6) is 11.6 Å². The summed E-state index contributed by atoms with van der Waals surface area (Å²) in [4.78, 5) is 10.1. The summed E-state index contributed by atoms with van der Waals surface area (Å²) in [6.07, 6.45) is 5.77. The van der Waals surface area contributed by atoms with Gasteiger partial charge in [0.25, 0.3) is 0 Å². The number of benzene rings is 1. The van der Waals surface area contributed by atoms with Gasteiger partial charge in [-0.15, -0.1) is 10.2 Å². The van der Waals surface area contributed by atoms with Crippen molar-refractivity contribution in [3.63, 3.8) is 0 Å². The number of aromatic nitrogens is 4. The van der Waals surface area contributed by atoms with Crippen molar-refractivity contribution in [2.45, 2.75) is 81.7 Å². The number of fused-ring (bicyclic) bond motifs is 2. The first kappa shape index (κ1) is 21.5. The van der Waals surface area contributed by atoms with Gasteiger partial charge in [-0.1, -0.05) is 6.07 Å².